The smallest absolute Gasteiger partial charge is 0.293 e. The number of piperazine rings is 1. The number of amides is 2. The number of nitro benzene ring substituents is 1. The SMILES string of the molecule is CC(=O)N1CCN(c2ccc(C(=O)NCC3CCCNC3)cc2[N+](=O)[O-])CC1. The third-order valence-corrected chi connectivity index (χ3v) is 5.45. The number of carbonyl (C=O) groups excluding carboxylic acids is 2. The number of anilines is 1. The van der Waals surface area contributed by atoms with E-state index in [1.165, 1.54) is 13.0 Å². The number of hydrogen-bond acceptors (Lipinski definition) is 6. The maximum absolute atomic E-state index is 12.5. The molecule has 9 heteroatoms. The average Bonchev–Trinajstić information content (AvgIpc) is 2.72. The first-order chi connectivity index (χ1) is 13.5. The monoisotopic (exact) mass is 389 g/mol. The second-order valence-electron chi connectivity index (χ2n) is 7.38. The lowest BCUT2D eigenvalue weighted by atomic mass is 9.99. The fraction of sp³-hybridized carbons (Fsp3) is 0.579. The Morgan fingerprint density at radius 3 is 2.64 bits per heavy atom. The highest BCUT2D eigenvalue weighted by atomic mass is 16.6. The number of nitrogens with zero attached hydrogens (tertiary/aromatic N) is 3. The van der Waals surface area contributed by atoms with E-state index in [-0.39, 0.29) is 17.5 Å². The number of carbonyl (C=O) groups is 2. The second kappa shape index (κ2) is 9.01. The third-order valence-electron chi connectivity index (χ3n) is 5.45. The molecular formula is C19H27N5O4. The molecule has 1 aromatic carbocycles. The van der Waals surface area contributed by atoms with Gasteiger partial charge in [-0.05, 0) is 44.0 Å². The zero-order valence-electron chi connectivity index (χ0n) is 16.1. The number of piperidine rings is 1. The number of hydrogen-bond donors (Lipinski definition) is 2. The summed E-state index contributed by atoms with van der Waals surface area (Å²) in [6, 6.07) is 4.62. The van der Waals surface area contributed by atoms with Crippen LogP contribution in [-0.2, 0) is 4.79 Å². The predicted octanol–water partition coefficient (Wildman–Crippen LogP) is 0.993. The number of nitro groups is 1. The summed E-state index contributed by atoms with van der Waals surface area (Å²) in [5, 5.41) is 17.8. The van der Waals surface area contributed by atoms with E-state index in [1.807, 2.05) is 4.90 Å². The Bertz CT molecular complexity index is 740. The van der Waals surface area contributed by atoms with Gasteiger partial charge in [0.05, 0.1) is 4.92 Å². The number of nitrogens with one attached hydrogen (secondary N) is 2. The van der Waals surface area contributed by atoms with Gasteiger partial charge in [-0.2, -0.15) is 0 Å². The zero-order valence-corrected chi connectivity index (χ0v) is 16.1. The summed E-state index contributed by atoms with van der Waals surface area (Å²) in [6.45, 7) is 6.10. The van der Waals surface area contributed by atoms with Crippen molar-refractivity contribution in [1.29, 1.82) is 0 Å². The molecular weight excluding hydrogens is 362 g/mol. The Balaban J connectivity index is 1.67. The van der Waals surface area contributed by atoms with Crippen LogP contribution in [0.3, 0.4) is 0 Å². The van der Waals surface area contributed by atoms with Crippen LogP contribution >= 0.6 is 0 Å². The first-order valence-corrected chi connectivity index (χ1v) is 9.73. The van der Waals surface area contributed by atoms with E-state index >= 15 is 0 Å². The Hall–Kier alpha value is -2.68. The summed E-state index contributed by atoms with van der Waals surface area (Å²) >= 11 is 0. The van der Waals surface area contributed by atoms with E-state index in [0.29, 0.717) is 49.9 Å². The molecule has 9 nitrogen and oxygen atoms in total. The lowest BCUT2D eigenvalue weighted by Gasteiger charge is -2.35. The van der Waals surface area contributed by atoms with Crippen LogP contribution in [-0.4, -0.2) is 67.5 Å². The summed E-state index contributed by atoms with van der Waals surface area (Å²) in [5.74, 6) is 0.112. The van der Waals surface area contributed by atoms with Crippen LogP contribution in [0.2, 0.25) is 0 Å². The molecule has 1 atom stereocenters. The summed E-state index contributed by atoms with van der Waals surface area (Å²) in [4.78, 5) is 38.7. The number of rotatable bonds is 5. The molecule has 2 aliphatic heterocycles. The van der Waals surface area contributed by atoms with Gasteiger partial charge >= 0.3 is 0 Å². The topological polar surface area (TPSA) is 108 Å². The second-order valence-corrected chi connectivity index (χ2v) is 7.38. The Kier molecular flexibility index (Phi) is 6.45. The van der Waals surface area contributed by atoms with Crippen molar-refractivity contribution in [2.24, 2.45) is 5.92 Å². The molecule has 1 aromatic rings. The molecule has 2 saturated heterocycles. The van der Waals surface area contributed by atoms with E-state index in [4.69, 9.17) is 0 Å². The van der Waals surface area contributed by atoms with Crippen molar-refractivity contribution in [2.75, 3.05) is 50.7 Å². The van der Waals surface area contributed by atoms with Crippen LogP contribution in [0.15, 0.2) is 18.2 Å². The molecule has 0 radical (unpaired) electrons. The molecule has 0 saturated carbocycles. The van der Waals surface area contributed by atoms with Gasteiger partial charge < -0.3 is 20.4 Å². The minimum Gasteiger partial charge on any atom is -0.362 e. The largest absolute Gasteiger partial charge is 0.362 e. The Morgan fingerprint density at radius 1 is 1.29 bits per heavy atom. The van der Waals surface area contributed by atoms with E-state index < -0.39 is 4.92 Å². The minimum atomic E-state index is -0.450. The lowest BCUT2D eigenvalue weighted by Crippen LogP contribution is -2.48. The van der Waals surface area contributed by atoms with E-state index in [0.717, 1.165) is 25.9 Å². The van der Waals surface area contributed by atoms with Gasteiger partial charge in [0.1, 0.15) is 5.69 Å². The highest BCUT2D eigenvalue weighted by Gasteiger charge is 2.26. The van der Waals surface area contributed by atoms with Gasteiger partial charge in [-0.25, -0.2) is 0 Å². The van der Waals surface area contributed by atoms with Crippen LogP contribution < -0.4 is 15.5 Å². The highest BCUT2D eigenvalue weighted by molar-refractivity contribution is 5.95. The average molecular weight is 389 g/mol. The van der Waals surface area contributed by atoms with Crippen LogP contribution in [0.1, 0.15) is 30.1 Å². The van der Waals surface area contributed by atoms with Crippen LogP contribution in [0, 0.1) is 16.0 Å². The minimum absolute atomic E-state index is 0.00864. The van der Waals surface area contributed by atoms with Crippen molar-refractivity contribution in [3.63, 3.8) is 0 Å². The molecule has 152 valence electrons. The summed E-state index contributed by atoms with van der Waals surface area (Å²) in [5.41, 5.74) is 0.700. The van der Waals surface area contributed by atoms with Crippen molar-refractivity contribution in [3.05, 3.63) is 33.9 Å². The summed E-state index contributed by atoms with van der Waals surface area (Å²) < 4.78 is 0. The van der Waals surface area contributed by atoms with Gasteiger partial charge in [0, 0.05) is 51.3 Å². The molecule has 0 bridgehead atoms. The van der Waals surface area contributed by atoms with Crippen LogP contribution in [0.25, 0.3) is 0 Å². The first-order valence-electron chi connectivity index (χ1n) is 9.73. The molecule has 2 fully saturated rings. The molecule has 3 rings (SSSR count). The molecule has 2 aliphatic rings. The van der Waals surface area contributed by atoms with Gasteiger partial charge in [-0.15, -0.1) is 0 Å². The molecule has 1 unspecified atom stereocenters. The maximum atomic E-state index is 12.5. The van der Waals surface area contributed by atoms with Crippen molar-refractivity contribution in [3.8, 4) is 0 Å². The summed E-state index contributed by atoms with van der Waals surface area (Å²) in [7, 11) is 0. The first kappa shape index (κ1) is 20.1. The molecule has 28 heavy (non-hydrogen) atoms. The Labute approximate surface area is 164 Å². The highest BCUT2D eigenvalue weighted by Crippen LogP contribution is 2.30. The fourth-order valence-corrected chi connectivity index (χ4v) is 3.78. The normalized spacial score (nSPS) is 20.0. The van der Waals surface area contributed by atoms with Crippen molar-refractivity contribution >= 4 is 23.2 Å². The standard InChI is InChI=1S/C19H27N5O4/c1-14(25)22-7-9-23(10-8-22)17-5-4-16(11-18(17)24(27)28)19(26)21-13-15-3-2-6-20-12-15/h4-5,11,15,20H,2-3,6-10,12-13H2,1H3,(H,21,26). The maximum Gasteiger partial charge on any atom is 0.293 e. The van der Waals surface area contributed by atoms with Crippen molar-refractivity contribution in [1.82, 2.24) is 15.5 Å². The fourth-order valence-electron chi connectivity index (χ4n) is 3.78. The molecule has 0 aliphatic carbocycles. The van der Waals surface area contributed by atoms with Crippen LogP contribution in [0.4, 0.5) is 11.4 Å². The quantitative estimate of drug-likeness (QED) is 0.574. The zero-order chi connectivity index (χ0) is 20.1. The predicted molar refractivity (Wildman–Crippen MR) is 105 cm³/mol. The van der Waals surface area contributed by atoms with Crippen molar-refractivity contribution in [2.45, 2.75) is 19.8 Å². The van der Waals surface area contributed by atoms with Gasteiger partial charge in [0.15, 0.2) is 0 Å². The molecule has 2 amide bonds. The van der Waals surface area contributed by atoms with E-state index in [9.17, 15) is 19.7 Å². The molecule has 0 spiro atoms. The van der Waals surface area contributed by atoms with Gasteiger partial charge in [0.25, 0.3) is 11.6 Å². The van der Waals surface area contributed by atoms with Gasteiger partial charge in [-0.1, -0.05) is 0 Å². The van der Waals surface area contributed by atoms with Gasteiger partial charge in [-0.3, -0.25) is 19.7 Å². The lowest BCUT2D eigenvalue weighted by molar-refractivity contribution is -0.384. The summed E-state index contributed by atoms with van der Waals surface area (Å²) in [6.07, 6.45) is 2.16. The molecule has 2 N–H and O–H groups in total. The van der Waals surface area contributed by atoms with Gasteiger partial charge in [0.2, 0.25) is 5.91 Å². The van der Waals surface area contributed by atoms with E-state index in [1.54, 1.807) is 17.0 Å². The molecule has 0 aromatic heterocycles. The van der Waals surface area contributed by atoms with E-state index in [2.05, 4.69) is 10.6 Å². The van der Waals surface area contributed by atoms with Crippen LogP contribution in [0.5, 0.6) is 0 Å². The number of benzene rings is 1. The van der Waals surface area contributed by atoms with Crippen molar-refractivity contribution < 1.29 is 14.5 Å². The Morgan fingerprint density at radius 2 is 2.04 bits per heavy atom. The third kappa shape index (κ3) is 4.78. The molecule has 2 heterocycles.